The van der Waals surface area contributed by atoms with Crippen LogP contribution in [0.2, 0.25) is 0 Å². The molecule has 0 aliphatic heterocycles. The molecule has 0 saturated heterocycles. The van der Waals surface area contributed by atoms with E-state index in [4.69, 9.17) is 5.11 Å². The topological polar surface area (TPSA) is 78.4 Å². The third-order valence-electron chi connectivity index (χ3n) is 2.48. The van der Waals surface area contributed by atoms with Crippen LogP contribution >= 0.6 is 0 Å². The van der Waals surface area contributed by atoms with Crippen molar-refractivity contribution in [2.75, 3.05) is 30.4 Å². The third kappa shape index (κ3) is 4.99. The van der Waals surface area contributed by atoms with Gasteiger partial charge in [0.1, 0.15) is 18.0 Å². The minimum absolute atomic E-state index is 0.167. The molecular formula is C12H20N4O2. The lowest BCUT2D eigenvalue weighted by Crippen LogP contribution is -2.19. The molecule has 1 heterocycles. The molecule has 0 aliphatic carbocycles. The van der Waals surface area contributed by atoms with Crippen LogP contribution in [0.4, 0.5) is 11.6 Å². The van der Waals surface area contributed by atoms with Gasteiger partial charge in [0.25, 0.3) is 0 Å². The van der Waals surface area contributed by atoms with Crippen molar-refractivity contribution in [1.29, 1.82) is 0 Å². The van der Waals surface area contributed by atoms with E-state index in [9.17, 15) is 4.79 Å². The first kappa shape index (κ1) is 14.2. The highest BCUT2D eigenvalue weighted by atomic mass is 16.4. The fraction of sp³-hybridized carbons (Fsp3) is 0.583. The van der Waals surface area contributed by atoms with Crippen LogP contribution in [0.1, 0.15) is 26.2 Å². The van der Waals surface area contributed by atoms with Gasteiger partial charge in [-0.3, -0.25) is 4.79 Å². The number of nitrogens with zero attached hydrogens (tertiary/aromatic N) is 3. The highest BCUT2D eigenvalue weighted by Crippen LogP contribution is 2.12. The maximum Gasteiger partial charge on any atom is 0.303 e. The minimum Gasteiger partial charge on any atom is -0.481 e. The van der Waals surface area contributed by atoms with Crippen molar-refractivity contribution in [2.45, 2.75) is 26.2 Å². The minimum atomic E-state index is -0.775. The molecule has 0 amide bonds. The SMILES string of the molecule is CCCN(C)c1cc(NCCCC(=O)O)ncn1. The summed E-state index contributed by atoms with van der Waals surface area (Å²) in [6, 6.07) is 1.87. The Morgan fingerprint density at radius 2 is 2.28 bits per heavy atom. The Hall–Kier alpha value is -1.85. The summed E-state index contributed by atoms with van der Waals surface area (Å²) >= 11 is 0. The summed E-state index contributed by atoms with van der Waals surface area (Å²) in [5.41, 5.74) is 0. The Kier molecular flexibility index (Phi) is 5.90. The van der Waals surface area contributed by atoms with Gasteiger partial charge in [-0.2, -0.15) is 0 Å². The zero-order valence-corrected chi connectivity index (χ0v) is 10.9. The second kappa shape index (κ2) is 7.47. The first-order valence-corrected chi connectivity index (χ1v) is 6.12. The van der Waals surface area contributed by atoms with Crippen molar-refractivity contribution >= 4 is 17.6 Å². The highest BCUT2D eigenvalue weighted by Gasteiger charge is 2.03. The Bertz CT molecular complexity index is 384. The zero-order chi connectivity index (χ0) is 13.4. The zero-order valence-electron chi connectivity index (χ0n) is 10.9. The van der Waals surface area contributed by atoms with E-state index in [1.54, 1.807) is 0 Å². The number of anilines is 2. The van der Waals surface area contributed by atoms with Gasteiger partial charge < -0.3 is 15.3 Å². The predicted octanol–water partition coefficient (Wildman–Crippen LogP) is 1.60. The average Bonchev–Trinajstić information content (AvgIpc) is 2.35. The van der Waals surface area contributed by atoms with E-state index in [-0.39, 0.29) is 6.42 Å². The van der Waals surface area contributed by atoms with Gasteiger partial charge in [0.05, 0.1) is 0 Å². The molecule has 0 atom stereocenters. The molecule has 0 aromatic carbocycles. The Labute approximate surface area is 107 Å². The van der Waals surface area contributed by atoms with E-state index in [1.165, 1.54) is 6.33 Å². The van der Waals surface area contributed by atoms with E-state index < -0.39 is 5.97 Å². The summed E-state index contributed by atoms with van der Waals surface area (Å²) < 4.78 is 0. The van der Waals surface area contributed by atoms with Crippen LogP contribution in [-0.2, 0) is 4.79 Å². The summed E-state index contributed by atoms with van der Waals surface area (Å²) in [7, 11) is 1.99. The number of aromatic nitrogens is 2. The first-order valence-electron chi connectivity index (χ1n) is 6.12. The van der Waals surface area contributed by atoms with Gasteiger partial charge in [-0.05, 0) is 12.8 Å². The number of aliphatic carboxylic acids is 1. The average molecular weight is 252 g/mol. The molecule has 2 N–H and O–H groups in total. The van der Waals surface area contributed by atoms with Crippen molar-refractivity contribution in [3.05, 3.63) is 12.4 Å². The summed E-state index contributed by atoms with van der Waals surface area (Å²) in [4.78, 5) is 20.7. The Morgan fingerprint density at radius 1 is 1.50 bits per heavy atom. The molecule has 6 heteroatoms. The summed E-state index contributed by atoms with van der Waals surface area (Å²) in [6.45, 7) is 3.65. The number of hydrogen-bond acceptors (Lipinski definition) is 5. The van der Waals surface area contributed by atoms with Crippen molar-refractivity contribution < 1.29 is 9.90 Å². The molecule has 0 saturated carbocycles. The van der Waals surface area contributed by atoms with Crippen molar-refractivity contribution in [3.8, 4) is 0 Å². The molecule has 0 aliphatic rings. The number of rotatable bonds is 8. The maximum atomic E-state index is 10.4. The lowest BCUT2D eigenvalue weighted by Gasteiger charge is -2.17. The molecule has 100 valence electrons. The van der Waals surface area contributed by atoms with Crippen molar-refractivity contribution in [2.24, 2.45) is 0 Å². The number of nitrogens with one attached hydrogen (secondary N) is 1. The van der Waals surface area contributed by atoms with Gasteiger partial charge in [0.2, 0.25) is 0 Å². The lowest BCUT2D eigenvalue weighted by atomic mass is 10.3. The standard InChI is InChI=1S/C12H20N4O2/c1-3-7-16(2)11-8-10(14-9-15-11)13-6-4-5-12(17)18/h8-9H,3-7H2,1-2H3,(H,17,18)(H,13,14,15). The molecule has 1 aromatic heterocycles. The number of hydrogen-bond donors (Lipinski definition) is 2. The molecule has 0 radical (unpaired) electrons. The summed E-state index contributed by atoms with van der Waals surface area (Å²) in [5.74, 6) is 0.823. The second-order valence-corrected chi connectivity index (χ2v) is 4.11. The molecule has 0 fully saturated rings. The monoisotopic (exact) mass is 252 g/mol. The quantitative estimate of drug-likeness (QED) is 0.684. The van der Waals surface area contributed by atoms with Gasteiger partial charge in [0.15, 0.2) is 0 Å². The van der Waals surface area contributed by atoms with Gasteiger partial charge >= 0.3 is 5.97 Å². The van der Waals surface area contributed by atoms with E-state index in [2.05, 4.69) is 27.1 Å². The molecule has 0 spiro atoms. The van der Waals surface area contributed by atoms with Crippen LogP contribution in [0.5, 0.6) is 0 Å². The van der Waals surface area contributed by atoms with Gasteiger partial charge in [-0.1, -0.05) is 6.92 Å². The number of carboxylic acid groups (broad SMARTS) is 1. The molecule has 0 unspecified atom stereocenters. The van der Waals surface area contributed by atoms with Crippen LogP contribution in [0.3, 0.4) is 0 Å². The predicted molar refractivity (Wildman–Crippen MR) is 71.0 cm³/mol. The third-order valence-corrected chi connectivity index (χ3v) is 2.48. The number of carboxylic acids is 1. The van der Waals surface area contributed by atoms with Crippen molar-refractivity contribution in [3.63, 3.8) is 0 Å². The van der Waals surface area contributed by atoms with E-state index >= 15 is 0 Å². The highest BCUT2D eigenvalue weighted by molar-refractivity contribution is 5.66. The van der Waals surface area contributed by atoms with Gasteiger partial charge in [-0.15, -0.1) is 0 Å². The summed E-state index contributed by atoms with van der Waals surface area (Å²) in [5, 5.41) is 11.6. The maximum absolute atomic E-state index is 10.4. The second-order valence-electron chi connectivity index (χ2n) is 4.11. The fourth-order valence-electron chi connectivity index (χ4n) is 1.56. The van der Waals surface area contributed by atoms with Crippen LogP contribution < -0.4 is 10.2 Å². The van der Waals surface area contributed by atoms with Gasteiger partial charge in [-0.25, -0.2) is 9.97 Å². The summed E-state index contributed by atoms with van der Waals surface area (Å²) in [6.07, 6.45) is 3.32. The van der Waals surface area contributed by atoms with Crippen LogP contribution in [-0.4, -0.2) is 41.2 Å². The van der Waals surface area contributed by atoms with Crippen LogP contribution in [0.15, 0.2) is 12.4 Å². The molecule has 1 aromatic rings. The normalized spacial score (nSPS) is 10.1. The van der Waals surface area contributed by atoms with Crippen molar-refractivity contribution in [1.82, 2.24) is 9.97 Å². The van der Waals surface area contributed by atoms with E-state index in [0.29, 0.717) is 13.0 Å². The number of carbonyl (C=O) groups is 1. The fourth-order valence-corrected chi connectivity index (χ4v) is 1.56. The lowest BCUT2D eigenvalue weighted by molar-refractivity contribution is -0.137. The Morgan fingerprint density at radius 3 is 2.94 bits per heavy atom. The van der Waals surface area contributed by atoms with Crippen LogP contribution in [0, 0.1) is 0 Å². The van der Waals surface area contributed by atoms with Gasteiger partial charge in [0, 0.05) is 32.6 Å². The Balaban J connectivity index is 2.46. The molecule has 1 rings (SSSR count). The van der Waals surface area contributed by atoms with E-state index in [0.717, 1.165) is 24.6 Å². The molecule has 18 heavy (non-hydrogen) atoms. The van der Waals surface area contributed by atoms with E-state index in [1.807, 2.05) is 13.1 Å². The molecule has 6 nitrogen and oxygen atoms in total. The van der Waals surface area contributed by atoms with Crippen LogP contribution in [0.25, 0.3) is 0 Å². The molecule has 0 bridgehead atoms. The first-order chi connectivity index (χ1) is 8.63. The smallest absolute Gasteiger partial charge is 0.303 e. The molecular weight excluding hydrogens is 232 g/mol. The largest absolute Gasteiger partial charge is 0.481 e.